The Morgan fingerprint density at radius 3 is 2.30 bits per heavy atom. The van der Waals surface area contributed by atoms with Crippen LogP contribution in [0.25, 0.3) is 0 Å². The number of nitrogens with two attached hydrogens (primary N) is 1. The predicted molar refractivity (Wildman–Crippen MR) is 103 cm³/mol. The zero-order valence-electron chi connectivity index (χ0n) is 14.2. The molecule has 0 aliphatic heterocycles. The normalized spacial score (nSPS) is 11.3. The molecule has 0 unspecified atom stereocenters. The van der Waals surface area contributed by atoms with Gasteiger partial charge in [0.15, 0.2) is 0 Å². The molecule has 2 aromatic rings. The number of benzene rings is 2. The second-order valence-electron chi connectivity index (χ2n) is 6.38. The van der Waals surface area contributed by atoms with E-state index in [2.05, 4.69) is 60.6 Å². The third-order valence-corrected chi connectivity index (χ3v) is 4.72. The minimum absolute atomic E-state index is 0.672. The number of aryl methyl sites for hydroxylation is 1. The van der Waals surface area contributed by atoms with Crippen LogP contribution in [0.15, 0.2) is 59.5 Å². The molecule has 0 saturated carbocycles. The van der Waals surface area contributed by atoms with E-state index in [-0.39, 0.29) is 0 Å². The van der Waals surface area contributed by atoms with Crippen LogP contribution in [0.4, 0.5) is 5.69 Å². The molecule has 0 amide bonds. The molecule has 0 radical (unpaired) electrons. The lowest BCUT2D eigenvalue weighted by Crippen LogP contribution is -2.22. The summed E-state index contributed by atoms with van der Waals surface area (Å²) in [6.07, 6.45) is 3.63. The topological polar surface area (TPSA) is 29.3 Å². The van der Waals surface area contributed by atoms with Crippen LogP contribution in [-0.4, -0.2) is 17.4 Å². The van der Waals surface area contributed by atoms with E-state index in [4.69, 9.17) is 5.73 Å². The molecule has 0 aliphatic carbocycles. The van der Waals surface area contributed by atoms with Crippen molar-refractivity contribution in [3.8, 4) is 0 Å². The third-order valence-electron chi connectivity index (χ3n) is 3.65. The number of rotatable bonds is 9. The summed E-state index contributed by atoms with van der Waals surface area (Å²) < 4.78 is 2.49. The van der Waals surface area contributed by atoms with Gasteiger partial charge < -0.3 is 5.73 Å². The Morgan fingerprint density at radius 2 is 1.65 bits per heavy atom. The molecule has 23 heavy (non-hydrogen) atoms. The van der Waals surface area contributed by atoms with Gasteiger partial charge in [0.05, 0.1) is 0 Å². The molecule has 2 N–H and O–H groups in total. The second kappa shape index (κ2) is 9.64. The van der Waals surface area contributed by atoms with Gasteiger partial charge in [-0.2, -0.15) is 0 Å². The fourth-order valence-corrected chi connectivity index (χ4v) is 3.67. The highest BCUT2D eigenvalue weighted by Crippen LogP contribution is 2.25. The van der Waals surface area contributed by atoms with Crippen molar-refractivity contribution in [2.24, 2.45) is 5.92 Å². The van der Waals surface area contributed by atoms with Crippen molar-refractivity contribution in [2.45, 2.75) is 38.0 Å². The van der Waals surface area contributed by atoms with E-state index in [1.165, 1.54) is 29.7 Å². The van der Waals surface area contributed by atoms with Crippen LogP contribution in [-0.2, 0) is 6.42 Å². The third kappa shape index (κ3) is 7.10. The maximum atomic E-state index is 5.77. The standard InChI is InChI=1S/C20H28N2S/c1-17(2)16-22(23-20-13-11-19(21)12-14-20)15-7-6-10-18-8-4-3-5-9-18/h3-5,8-9,11-14,17H,6-7,10,15-16,21H2,1-2H3. The van der Waals surface area contributed by atoms with Gasteiger partial charge in [0.2, 0.25) is 0 Å². The fourth-order valence-electron chi connectivity index (χ4n) is 2.52. The summed E-state index contributed by atoms with van der Waals surface area (Å²) in [5.41, 5.74) is 8.03. The molecule has 124 valence electrons. The largest absolute Gasteiger partial charge is 0.399 e. The lowest BCUT2D eigenvalue weighted by atomic mass is 10.1. The molecule has 0 aromatic heterocycles. The maximum Gasteiger partial charge on any atom is 0.0314 e. The van der Waals surface area contributed by atoms with Crippen LogP contribution in [0.2, 0.25) is 0 Å². The summed E-state index contributed by atoms with van der Waals surface area (Å²) >= 11 is 1.85. The number of nitrogen functional groups attached to an aromatic ring is 1. The van der Waals surface area contributed by atoms with Gasteiger partial charge >= 0.3 is 0 Å². The minimum atomic E-state index is 0.672. The average molecular weight is 329 g/mol. The minimum Gasteiger partial charge on any atom is -0.399 e. The first-order chi connectivity index (χ1) is 11.1. The Labute approximate surface area is 145 Å². The smallest absolute Gasteiger partial charge is 0.0314 e. The van der Waals surface area contributed by atoms with E-state index < -0.39 is 0 Å². The molecule has 0 aliphatic rings. The molecule has 2 rings (SSSR count). The zero-order valence-corrected chi connectivity index (χ0v) is 15.1. The monoisotopic (exact) mass is 328 g/mol. The Bertz CT molecular complexity index is 552. The molecule has 0 heterocycles. The van der Waals surface area contributed by atoms with E-state index in [1.807, 2.05) is 24.1 Å². The highest BCUT2D eigenvalue weighted by Gasteiger charge is 2.09. The Hall–Kier alpha value is -1.45. The van der Waals surface area contributed by atoms with Gasteiger partial charge in [-0.3, -0.25) is 0 Å². The van der Waals surface area contributed by atoms with Gasteiger partial charge in [-0.1, -0.05) is 44.2 Å². The van der Waals surface area contributed by atoms with Crippen molar-refractivity contribution in [1.29, 1.82) is 0 Å². The zero-order chi connectivity index (χ0) is 16.5. The number of anilines is 1. The molecule has 0 saturated heterocycles. The van der Waals surface area contributed by atoms with Crippen LogP contribution in [0.3, 0.4) is 0 Å². The summed E-state index contributed by atoms with van der Waals surface area (Å²) in [5.74, 6) is 0.672. The SMILES string of the molecule is CC(C)CN(CCCCc1ccccc1)Sc1ccc(N)cc1. The van der Waals surface area contributed by atoms with Gasteiger partial charge in [0.1, 0.15) is 0 Å². The number of hydrogen-bond acceptors (Lipinski definition) is 3. The highest BCUT2D eigenvalue weighted by molar-refractivity contribution is 7.97. The molecular weight excluding hydrogens is 300 g/mol. The molecule has 0 atom stereocenters. The van der Waals surface area contributed by atoms with E-state index in [0.717, 1.165) is 18.8 Å². The van der Waals surface area contributed by atoms with E-state index in [1.54, 1.807) is 0 Å². The van der Waals surface area contributed by atoms with E-state index in [0.29, 0.717) is 5.92 Å². The van der Waals surface area contributed by atoms with Crippen LogP contribution < -0.4 is 5.73 Å². The predicted octanol–water partition coefficient (Wildman–Crippen LogP) is 5.26. The molecule has 0 spiro atoms. The molecule has 2 nitrogen and oxygen atoms in total. The van der Waals surface area contributed by atoms with Crippen molar-refractivity contribution in [1.82, 2.24) is 4.31 Å². The Balaban J connectivity index is 1.79. The quantitative estimate of drug-likeness (QED) is 0.387. The van der Waals surface area contributed by atoms with E-state index >= 15 is 0 Å². The van der Waals surface area contributed by atoms with Crippen LogP contribution >= 0.6 is 11.9 Å². The van der Waals surface area contributed by atoms with Gasteiger partial charge in [0.25, 0.3) is 0 Å². The van der Waals surface area contributed by atoms with Crippen molar-refractivity contribution in [3.05, 3.63) is 60.2 Å². The number of nitrogens with zero attached hydrogens (tertiary/aromatic N) is 1. The summed E-state index contributed by atoms with van der Waals surface area (Å²) in [6, 6.07) is 18.9. The van der Waals surface area contributed by atoms with Gasteiger partial charge in [-0.05, 0) is 67.0 Å². The molecule has 0 bridgehead atoms. The molecular formula is C20H28N2S. The molecule has 2 aromatic carbocycles. The average Bonchev–Trinajstić information content (AvgIpc) is 2.54. The first-order valence-corrected chi connectivity index (χ1v) is 9.23. The van der Waals surface area contributed by atoms with Crippen molar-refractivity contribution in [3.63, 3.8) is 0 Å². The number of unbranched alkanes of at least 4 members (excludes halogenated alkanes) is 1. The Morgan fingerprint density at radius 1 is 0.957 bits per heavy atom. The maximum absolute atomic E-state index is 5.77. The Kier molecular flexibility index (Phi) is 7.50. The summed E-state index contributed by atoms with van der Waals surface area (Å²) in [4.78, 5) is 1.27. The summed E-state index contributed by atoms with van der Waals surface area (Å²) in [6.45, 7) is 6.79. The van der Waals surface area contributed by atoms with Gasteiger partial charge in [0, 0.05) is 23.7 Å². The number of hydrogen-bond donors (Lipinski definition) is 1. The highest BCUT2D eigenvalue weighted by atomic mass is 32.2. The van der Waals surface area contributed by atoms with Gasteiger partial charge in [-0.15, -0.1) is 0 Å². The lowest BCUT2D eigenvalue weighted by molar-refractivity contribution is 0.396. The second-order valence-corrected chi connectivity index (χ2v) is 7.56. The lowest BCUT2D eigenvalue weighted by Gasteiger charge is -2.23. The first kappa shape index (κ1) is 17.9. The molecule has 0 fully saturated rings. The van der Waals surface area contributed by atoms with Crippen molar-refractivity contribution in [2.75, 3.05) is 18.8 Å². The van der Waals surface area contributed by atoms with Crippen molar-refractivity contribution < 1.29 is 0 Å². The first-order valence-electron chi connectivity index (χ1n) is 8.46. The van der Waals surface area contributed by atoms with Crippen LogP contribution in [0.1, 0.15) is 32.3 Å². The van der Waals surface area contributed by atoms with Crippen LogP contribution in [0, 0.1) is 5.92 Å². The molecule has 3 heteroatoms. The summed E-state index contributed by atoms with van der Waals surface area (Å²) in [5, 5.41) is 0. The van der Waals surface area contributed by atoms with Crippen molar-refractivity contribution >= 4 is 17.6 Å². The van der Waals surface area contributed by atoms with Gasteiger partial charge in [-0.25, -0.2) is 4.31 Å². The van der Waals surface area contributed by atoms with E-state index in [9.17, 15) is 0 Å². The van der Waals surface area contributed by atoms with Crippen LogP contribution in [0.5, 0.6) is 0 Å². The summed E-state index contributed by atoms with van der Waals surface area (Å²) in [7, 11) is 0. The fraction of sp³-hybridized carbons (Fsp3) is 0.400.